The molecular formula is C11H11N9. The van der Waals surface area contributed by atoms with Crippen molar-refractivity contribution in [3.63, 3.8) is 0 Å². The predicted molar refractivity (Wildman–Crippen MR) is 70.7 cm³/mol. The number of hydrogen-bond donors (Lipinski definition) is 2. The number of hydrogen-bond acceptors (Lipinski definition) is 8. The summed E-state index contributed by atoms with van der Waals surface area (Å²) >= 11 is 0. The highest BCUT2D eigenvalue weighted by molar-refractivity contribution is 5.35. The Hall–Kier alpha value is -3.10. The SMILES string of the molecule is Nc1nc(NCc2cccnn2)nc(-n2ccnc2)n1. The average Bonchev–Trinajstić information content (AvgIpc) is 3.00. The Labute approximate surface area is 114 Å². The molecule has 9 heteroatoms. The van der Waals surface area contributed by atoms with Gasteiger partial charge in [-0.3, -0.25) is 4.57 Å². The maximum atomic E-state index is 5.67. The molecule has 0 aliphatic heterocycles. The number of nitrogens with zero attached hydrogens (tertiary/aromatic N) is 7. The molecule has 0 amide bonds. The number of anilines is 2. The Bertz CT molecular complexity index is 680. The summed E-state index contributed by atoms with van der Waals surface area (Å²) in [7, 11) is 0. The van der Waals surface area contributed by atoms with Crippen molar-refractivity contribution in [2.24, 2.45) is 0 Å². The van der Waals surface area contributed by atoms with Crippen LogP contribution in [-0.2, 0) is 6.54 Å². The molecule has 0 atom stereocenters. The van der Waals surface area contributed by atoms with Gasteiger partial charge in [0.1, 0.15) is 6.33 Å². The van der Waals surface area contributed by atoms with Crippen LogP contribution in [0.15, 0.2) is 37.1 Å². The summed E-state index contributed by atoms with van der Waals surface area (Å²) < 4.78 is 1.64. The van der Waals surface area contributed by atoms with Crippen LogP contribution in [-0.4, -0.2) is 34.7 Å². The van der Waals surface area contributed by atoms with E-state index in [2.05, 4.69) is 35.5 Å². The van der Waals surface area contributed by atoms with Crippen molar-refractivity contribution < 1.29 is 0 Å². The van der Waals surface area contributed by atoms with Gasteiger partial charge in [-0.05, 0) is 12.1 Å². The average molecular weight is 269 g/mol. The van der Waals surface area contributed by atoms with Gasteiger partial charge in [0, 0.05) is 18.6 Å². The van der Waals surface area contributed by atoms with Gasteiger partial charge in [0.25, 0.3) is 0 Å². The molecule has 0 saturated carbocycles. The van der Waals surface area contributed by atoms with Crippen molar-refractivity contribution >= 4 is 11.9 Å². The maximum Gasteiger partial charge on any atom is 0.241 e. The van der Waals surface area contributed by atoms with Gasteiger partial charge >= 0.3 is 0 Å². The molecule has 0 aromatic carbocycles. The van der Waals surface area contributed by atoms with Crippen LogP contribution in [0.4, 0.5) is 11.9 Å². The molecule has 100 valence electrons. The van der Waals surface area contributed by atoms with Gasteiger partial charge in [0.15, 0.2) is 0 Å². The van der Waals surface area contributed by atoms with Crippen LogP contribution >= 0.6 is 0 Å². The summed E-state index contributed by atoms with van der Waals surface area (Å²) in [6.07, 6.45) is 6.55. The van der Waals surface area contributed by atoms with Gasteiger partial charge in [-0.25, -0.2) is 4.98 Å². The summed E-state index contributed by atoms with van der Waals surface area (Å²) in [4.78, 5) is 16.3. The minimum Gasteiger partial charge on any atom is -0.368 e. The van der Waals surface area contributed by atoms with Crippen LogP contribution < -0.4 is 11.1 Å². The third-order valence-corrected chi connectivity index (χ3v) is 2.43. The van der Waals surface area contributed by atoms with Crippen LogP contribution in [0.2, 0.25) is 0 Å². The third-order valence-electron chi connectivity index (χ3n) is 2.43. The van der Waals surface area contributed by atoms with Crippen molar-refractivity contribution in [3.05, 3.63) is 42.7 Å². The van der Waals surface area contributed by atoms with E-state index in [1.165, 1.54) is 0 Å². The zero-order chi connectivity index (χ0) is 13.8. The first kappa shape index (κ1) is 12.0. The second-order valence-electron chi connectivity index (χ2n) is 3.86. The molecular weight excluding hydrogens is 258 g/mol. The molecule has 3 aromatic rings. The zero-order valence-electron chi connectivity index (χ0n) is 10.4. The van der Waals surface area contributed by atoms with Gasteiger partial charge < -0.3 is 11.1 Å². The number of imidazole rings is 1. The lowest BCUT2D eigenvalue weighted by Crippen LogP contribution is -2.11. The molecule has 0 aliphatic rings. The monoisotopic (exact) mass is 269 g/mol. The summed E-state index contributed by atoms with van der Waals surface area (Å²) in [6, 6.07) is 3.66. The number of nitrogens with one attached hydrogen (secondary N) is 1. The number of nitrogens with two attached hydrogens (primary N) is 1. The van der Waals surface area contributed by atoms with E-state index in [1.807, 2.05) is 12.1 Å². The fraction of sp³-hybridized carbons (Fsp3) is 0.0909. The number of rotatable bonds is 4. The Morgan fingerprint density at radius 1 is 1.20 bits per heavy atom. The molecule has 3 aromatic heterocycles. The van der Waals surface area contributed by atoms with Crippen LogP contribution in [0, 0.1) is 0 Å². The van der Waals surface area contributed by atoms with Gasteiger partial charge in [-0.1, -0.05) is 0 Å². The fourth-order valence-corrected chi connectivity index (χ4v) is 1.55. The van der Waals surface area contributed by atoms with E-state index in [-0.39, 0.29) is 5.95 Å². The lowest BCUT2D eigenvalue weighted by Gasteiger charge is -2.06. The second-order valence-corrected chi connectivity index (χ2v) is 3.86. The summed E-state index contributed by atoms with van der Waals surface area (Å²) in [6.45, 7) is 0.445. The molecule has 0 radical (unpaired) electrons. The minimum absolute atomic E-state index is 0.130. The lowest BCUT2D eigenvalue weighted by molar-refractivity contribution is 0.878. The van der Waals surface area contributed by atoms with E-state index < -0.39 is 0 Å². The quantitative estimate of drug-likeness (QED) is 0.681. The van der Waals surface area contributed by atoms with Crippen LogP contribution in [0.1, 0.15) is 5.69 Å². The molecule has 3 N–H and O–H groups in total. The van der Waals surface area contributed by atoms with Crippen molar-refractivity contribution in [2.45, 2.75) is 6.54 Å². The van der Waals surface area contributed by atoms with Crippen LogP contribution in [0.5, 0.6) is 0 Å². The van der Waals surface area contributed by atoms with Gasteiger partial charge in [-0.15, -0.1) is 0 Å². The molecule has 0 spiro atoms. The number of aromatic nitrogens is 7. The Kier molecular flexibility index (Phi) is 3.15. The normalized spacial score (nSPS) is 10.4. The second kappa shape index (κ2) is 5.26. The molecule has 0 fully saturated rings. The topological polar surface area (TPSA) is 120 Å². The van der Waals surface area contributed by atoms with E-state index in [0.717, 1.165) is 5.69 Å². The van der Waals surface area contributed by atoms with E-state index in [4.69, 9.17) is 5.73 Å². The summed E-state index contributed by atoms with van der Waals surface area (Å²) in [5.74, 6) is 0.897. The molecule has 3 rings (SSSR count). The van der Waals surface area contributed by atoms with Gasteiger partial charge in [0.05, 0.1) is 12.2 Å². The van der Waals surface area contributed by atoms with Crippen LogP contribution in [0.3, 0.4) is 0 Å². The first-order valence-electron chi connectivity index (χ1n) is 5.81. The summed E-state index contributed by atoms with van der Waals surface area (Å²) in [5, 5.41) is 10.8. The highest BCUT2D eigenvalue weighted by Crippen LogP contribution is 2.07. The standard InChI is InChI=1S/C11H11N9/c12-9-16-10(14-6-8-2-1-3-15-19-8)18-11(17-9)20-5-4-13-7-20/h1-5,7H,6H2,(H3,12,14,16,17,18). The van der Waals surface area contributed by atoms with Crippen molar-refractivity contribution in [3.8, 4) is 5.95 Å². The highest BCUT2D eigenvalue weighted by Gasteiger charge is 2.06. The molecule has 9 nitrogen and oxygen atoms in total. The van der Waals surface area contributed by atoms with Gasteiger partial charge in [-0.2, -0.15) is 25.1 Å². The van der Waals surface area contributed by atoms with Crippen LogP contribution in [0.25, 0.3) is 5.95 Å². The van der Waals surface area contributed by atoms with Crippen molar-refractivity contribution in [2.75, 3.05) is 11.1 Å². The lowest BCUT2D eigenvalue weighted by atomic mass is 10.4. The fourth-order valence-electron chi connectivity index (χ4n) is 1.55. The summed E-state index contributed by atoms with van der Waals surface area (Å²) in [5.41, 5.74) is 6.44. The first-order chi connectivity index (χ1) is 9.81. The zero-order valence-corrected chi connectivity index (χ0v) is 10.4. The third kappa shape index (κ3) is 2.66. The largest absolute Gasteiger partial charge is 0.368 e. The molecule has 0 bridgehead atoms. The number of nitrogen functional groups attached to an aromatic ring is 1. The first-order valence-corrected chi connectivity index (χ1v) is 5.81. The van der Waals surface area contributed by atoms with Crippen molar-refractivity contribution in [1.82, 2.24) is 34.7 Å². The van der Waals surface area contributed by atoms with E-state index >= 15 is 0 Å². The van der Waals surface area contributed by atoms with Crippen molar-refractivity contribution in [1.29, 1.82) is 0 Å². The maximum absolute atomic E-state index is 5.67. The van der Waals surface area contributed by atoms with E-state index in [1.54, 1.807) is 29.5 Å². The highest BCUT2D eigenvalue weighted by atomic mass is 15.3. The Morgan fingerprint density at radius 3 is 2.90 bits per heavy atom. The molecule has 20 heavy (non-hydrogen) atoms. The Balaban J connectivity index is 1.80. The Morgan fingerprint density at radius 2 is 2.15 bits per heavy atom. The van der Waals surface area contributed by atoms with E-state index in [0.29, 0.717) is 18.4 Å². The molecule has 3 heterocycles. The predicted octanol–water partition coefficient (Wildman–Crippen LogP) is 0.0416. The minimum atomic E-state index is 0.130. The van der Waals surface area contributed by atoms with Gasteiger partial charge in [0.2, 0.25) is 17.8 Å². The molecule has 0 saturated heterocycles. The van der Waals surface area contributed by atoms with E-state index in [9.17, 15) is 0 Å². The molecule has 0 aliphatic carbocycles. The molecule has 0 unspecified atom stereocenters. The smallest absolute Gasteiger partial charge is 0.241 e.